The second kappa shape index (κ2) is 8.37. The topological polar surface area (TPSA) is 102 Å². The lowest BCUT2D eigenvalue weighted by atomic mass is 10.1. The maximum Gasteiger partial charge on any atom is 0.284 e. The first-order valence-corrected chi connectivity index (χ1v) is 13.3. The number of amides is 1. The van der Waals surface area contributed by atoms with E-state index in [0.29, 0.717) is 11.4 Å². The van der Waals surface area contributed by atoms with Crippen LogP contribution in [0.25, 0.3) is 16.9 Å². The predicted molar refractivity (Wildman–Crippen MR) is 119 cm³/mol. The predicted octanol–water partition coefficient (Wildman–Crippen LogP) is 1.29. The van der Waals surface area contributed by atoms with Gasteiger partial charge in [0.2, 0.25) is 0 Å². The molecule has 0 radical (unpaired) electrons. The van der Waals surface area contributed by atoms with Gasteiger partial charge in [-0.25, -0.2) is 0 Å². The number of hydrogen-bond donors (Lipinski definition) is 2. The lowest BCUT2D eigenvalue weighted by Gasteiger charge is -2.17. The number of benzene rings is 1. The molecule has 2 heterocycles. The van der Waals surface area contributed by atoms with Crippen molar-refractivity contribution in [3.63, 3.8) is 0 Å². The summed E-state index contributed by atoms with van der Waals surface area (Å²) in [5.74, 6) is -0.554. The number of carbonyl (C=O) groups is 1. The third kappa shape index (κ3) is 4.57. The van der Waals surface area contributed by atoms with Crippen molar-refractivity contribution in [3.8, 4) is 16.9 Å². The SMILES string of the molecule is C[C@@H](CO)NC(=O)c1cc(-c2ccc([Si](C)(C)C)cc2)nn(-c2cnn(C)c2)c1=O. The van der Waals surface area contributed by atoms with Crippen LogP contribution in [0.2, 0.25) is 19.6 Å². The van der Waals surface area contributed by atoms with Gasteiger partial charge in [-0.05, 0) is 13.0 Å². The Morgan fingerprint density at radius 1 is 1.23 bits per heavy atom. The fraction of sp³-hybridized carbons (Fsp3) is 0.333. The molecular weight excluding hydrogens is 398 g/mol. The molecule has 3 aromatic rings. The number of nitrogens with one attached hydrogen (secondary N) is 1. The number of aliphatic hydroxyl groups excluding tert-OH is 1. The fourth-order valence-electron chi connectivity index (χ4n) is 2.98. The normalized spacial score (nSPS) is 12.6. The Kier molecular flexibility index (Phi) is 6.04. The van der Waals surface area contributed by atoms with Crippen molar-refractivity contribution in [2.45, 2.75) is 32.6 Å². The molecule has 8 nitrogen and oxygen atoms in total. The molecule has 0 unspecified atom stereocenters. The van der Waals surface area contributed by atoms with Gasteiger partial charge in [0, 0.05) is 18.7 Å². The molecule has 0 spiro atoms. The highest BCUT2D eigenvalue weighted by atomic mass is 28.3. The summed E-state index contributed by atoms with van der Waals surface area (Å²) in [5, 5.41) is 21.8. The molecule has 1 aromatic carbocycles. The largest absolute Gasteiger partial charge is 0.394 e. The van der Waals surface area contributed by atoms with Crippen molar-refractivity contribution in [2.75, 3.05) is 6.61 Å². The first-order chi connectivity index (χ1) is 14.1. The molecule has 9 heteroatoms. The van der Waals surface area contributed by atoms with Crippen LogP contribution in [-0.2, 0) is 7.05 Å². The Labute approximate surface area is 176 Å². The van der Waals surface area contributed by atoms with E-state index in [1.807, 2.05) is 12.1 Å². The summed E-state index contributed by atoms with van der Waals surface area (Å²) in [6, 6.07) is 9.11. The van der Waals surface area contributed by atoms with E-state index >= 15 is 0 Å². The minimum Gasteiger partial charge on any atom is -0.394 e. The quantitative estimate of drug-likeness (QED) is 0.580. The highest BCUT2D eigenvalue weighted by Crippen LogP contribution is 2.18. The molecule has 1 amide bonds. The Bertz CT molecular complexity index is 1110. The third-order valence-corrected chi connectivity index (χ3v) is 6.86. The zero-order valence-electron chi connectivity index (χ0n) is 17.9. The standard InChI is InChI=1S/C21H27N5O3Si/c1-14(13-27)23-20(28)18-10-19(15-6-8-17(9-7-15)30(3,4)5)24-26(21(18)29)16-11-22-25(2)12-16/h6-12,14,27H,13H2,1-5H3,(H,23,28)/t14-/m0/s1. The highest BCUT2D eigenvalue weighted by Gasteiger charge is 2.20. The lowest BCUT2D eigenvalue weighted by molar-refractivity contribution is 0.0920. The molecule has 2 aromatic heterocycles. The Balaban J connectivity index is 2.14. The zero-order valence-corrected chi connectivity index (χ0v) is 18.9. The molecule has 0 bridgehead atoms. The number of aliphatic hydroxyl groups is 1. The van der Waals surface area contributed by atoms with Gasteiger partial charge in [0.25, 0.3) is 11.5 Å². The van der Waals surface area contributed by atoms with E-state index in [1.54, 1.807) is 24.9 Å². The second-order valence-corrected chi connectivity index (χ2v) is 13.5. The Morgan fingerprint density at radius 2 is 1.90 bits per heavy atom. The Hall–Kier alpha value is -3.04. The molecule has 0 saturated heterocycles. The summed E-state index contributed by atoms with van der Waals surface area (Å²) in [7, 11) is 0.287. The molecule has 1 atom stereocenters. The van der Waals surface area contributed by atoms with Gasteiger partial charge < -0.3 is 10.4 Å². The number of aryl methyl sites for hydroxylation is 1. The summed E-state index contributed by atoms with van der Waals surface area (Å²) in [6.07, 6.45) is 3.18. The molecule has 0 aliphatic rings. The van der Waals surface area contributed by atoms with Crippen molar-refractivity contribution in [1.82, 2.24) is 24.9 Å². The first-order valence-electron chi connectivity index (χ1n) is 9.76. The highest BCUT2D eigenvalue weighted by molar-refractivity contribution is 6.88. The summed E-state index contributed by atoms with van der Waals surface area (Å²) < 4.78 is 2.75. The molecule has 0 aliphatic carbocycles. The van der Waals surface area contributed by atoms with Gasteiger partial charge in [-0.1, -0.05) is 49.1 Å². The minimum absolute atomic E-state index is 0.0431. The van der Waals surface area contributed by atoms with E-state index < -0.39 is 25.6 Å². The van der Waals surface area contributed by atoms with Crippen LogP contribution in [0, 0.1) is 0 Å². The van der Waals surface area contributed by atoms with E-state index in [-0.39, 0.29) is 12.2 Å². The first kappa shape index (κ1) is 21.7. The third-order valence-electron chi connectivity index (χ3n) is 4.79. The van der Waals surface area contributed by atoms with Gasteiger partial charge in [-0.3, -0.25) is 14.3 Å². The summed E-state index contributed by atoms with van der Waals surface area (Å²) in [5.41, 5.74) is 1.18. The number of hydrogen-bond acceptors (Lipinski definition) is 5. The molecule has 3 rings (SSSR count). The molecular formula is C21H27N5O3Si. The van der Waals surface area contributed by atoms with Gasteiger partial charge in [-0.15, -0.1) is 0 Å². The molecule has 0 aliphatic heterocycles. The second-order valence-electron chi connectivity index (χ2n) is 8.42. The van der Waals surface area contributed by atoms with Gasteiger partial charge >= 0.3 is 0 Å². The lowest BCUT2D eigenvalue weighted by Crippen LogP contribution is -2.39. The average molecular weight is 426 g/mol. The Morgan fingerprint density at radius 3 is 2.43 bits per heavy atom. The van der Waals surface area contributed by atoms with Crippen molar-refractivity contribution < 1.29 is 9.90 Å². The van der Waals surface area contributed by atoms with E-state index in [4.69, 9.17) is 0 Å². The average Bonchev–Trinajstić information content (AvgIpc) is 3.13. The van der Waals surface area contributed by atoms with Crippen LogP contribution in [0.15, 0.2) is 47.5 Å². The number of aromatic nitrogens is 4. The van der Waals surface area contributed by atoms with Gasteiger partial charge in [0.1, 0.15) is 11.3 Å². The minimum atomic E-state index is -1.45. The van der Waals surface area contributed by atoms with Crippen molar-refractivity contribution in [2.24, 2.45) is 7.05 Å². The van der Waals surface area contributed by atoms with Crippen LogP contribution in [-0.4, -0.2) is 51.3 Å². The van der Waals surface area contributed by atoms with Gasteiger partial charge in [0.15, 0.2) is 0 Å². The van der Waals surface area contributed by atoms with Gasteiger partial charge in [-0.2, -0.15) is 14.9 Å². The number of rotatable bonds is 6. The van der Waals surface area contributed by atoms with Crippen LogP contribution >= 0.6 is 0 Å². The molecule has 2 N–H and O–H groups in total. The smallest absolute Gasteiger partial charge is 0.284 e. The van der Waals surface area contributed by atoms with Crippen molar-refractivity contribution in [3.05, 3.63) is 58.6 Å². The molecule has 158 valence electrons. The number of carbonyl (C=O) groups excluding carboxylic acids is 1. The number of nitrogens with zero attached hydrogens (tertiary/aromatic N) is 4. The van der Waals surface area contributed by atoms with Crippen molar-refractivity contribution in [1.29, 1.82) is 0 Å². The maximum absolute atomic E-state index is 13.0. The summed E-state index contributed by atoms with van der Waals surface area (Å²) in [4.78, 5) is 25.7. The molecule has 0 saturated carbocycles. The fourth-order valence-corrected chi connectivity index (χ4v) is 4.15. The summed E-state index contributed by atoms with van der Waals surface area (Å²) >= 11 is 0. The summed E-state index contributed by atoms with van der Waals surface area (Å²) in [6.45, 7) is 8.25. The van der Waals surface area contributed by atoms with Crippen molar-refractivity contribution >= 4 is 19.2 Å². The van der Waals surface area contributed by atoms with Crippen LogP contribution in [0.4, 0.5) is 0 Å². The molecule has 0 fully saturated rings. The zero-order chi connectivity index (χ0) is 22.1. The maximum atomic E-state index is 13.0. The van der Waals surface area contributed by atoms with E-state index in [2.05, 4.69) is 47.3 Å². The molecule has 30 heavy (non-hydrogen) atoms. The van der Waals surface area contributed by atoms with Gasteiger partial charge in [0.05, 0.1) is 32.8 Å². The van der Waals surface area contributed by atoms with Crippen LogP contribution in [0.5, 0.6) is 0 Å². The van der Waals surface area contributed by atoms with E-state index in [0.717, 1.165) is 5.56 Å². The monoisotopic (exact) mass is 425 g/mol. The van der Waals surface area contributed by atoms with Crippen LogP contribution < -0.4 is 16.1 Å². The van der Waals surface area contributed by atoms with E-state index in [9.17, 15) is 14.7 Å². The van der Waals surface area contributed by atoms with Crippen LogP contribution in [0.3, 0.4) is 0 Å². The van der Waals surface area contributed by atoms with E-state index in [1.165, 1.54) is 22.1 Å². The van der Waals surface area contributed by atoms with Crippen LogP contribution in [0.1, 0.15) is 17.3 Å².